The minimum atomic E-state index is 0.319. The van der Waals surface area contributed by atoms with Gasteiger partial charge >= 0.3 is 0 Å². The Morgan fingerprint density at radius 3 is 2.23 bits per heavy atom. The highest BCUT2D eigenvalue weighted by molar-refractivity contribution is 5.75. The largest absolute Gasteiger partial charge is 0.332 e. The molecule has 3 aliphatic rings. The summed E-state index contributed by atoms with van der Waals surface area (Å²) in [6.45, 7) is 12.1. The van der Waals surface area contributed by atoms with Gasteiger partial charge in [0.1, 0.15) is 5.78 Å². The number of carbonyl (C=O) groups is 1. The molecule has 0 N–H and O–H groups in total. The normalized spacial score (nSPS) is 25.5. The van der Waals surface area contributed by atoms with Crippen LogP contribution in [0.15, 0.2) is 12.4 Å². The zero-order chi connectivity index (χ0) is 21.8. The van der Waals surface area contributed by atoms with E-state index in [4.69, 9.17) is 9.97 Å². The Kier molecular flexibility index (Phi) is 7.59. The number of nitrogens with zero attached hydrogens (tertiary/aromatic N) is 5. The molecule has 0 aliphatic carbocycles. The monoisotopic (exact) mass is 427 g/mol. The molecule has 0 saturated carbocycles. The smallest absolute Gasteiger partial charge is 0.225 e. The Morgan fingerprint density at radius 1 is 1.00 bits per heavy atom. The molecule has 1 aromatic rings. The molecule has 0 radical (unpaired) electrons. The van der Waals surface area contributed by atoms with Gasteiger partial charge in [-0.3, -0.25) is 4.90 Å². The molecule has 6 heteroatoms. The number of piperazine rings is 1. The van der Waals surface area contributed by atoms with E-state index in [1.165, 1.54) is 63.7 Å². The average Bonchev–Trinajstić information content (AvgIpc) is 3.02. The second-order valence-electron chi connectivity index (χ2n) is 10.3. The number of carbonyl (C=O) groups excluding carboxylic acids is 1. The quantitative estimate of drug-likeness (QED) is 0.558. The van der Waals surface area contributed by atoms with E-state index in [-0.39, 0.29) is 0 Å². The van der Waals surface area contributed by atoms with Crippen LogP contribution in [0.3, 0.4) is 0 Å². The van der Waals surface area contributed by atoms with E-state index in [1.54, 1.807) is 6.92 Å². The number of Topliss-reactive ketones (excluding diaryl/α,β-unsaturated/α-hetero) is 1. The van der Waals surface area contributed by atoms with Crippen LogP contribution >= 0.6 is 0 Å². The van der Waals surface area contributed by atoms with Gasteiger partial charge in [0.05, 0.1) is 0 Å². The van der Waals surface area contributed by atoms with Crippen LogP contribution in [0.4, 0.5) is 5.95 Å². The second-order valence-corrected chi connectivity index (χ2v) is 10.3. The molecule has 4 rings (SSSR count). The van der Waals surface area contributed by atoms with Gasteiger partial charge in [0.25, 0.3) is 0 Å². The van der Waals surface area contributed by atoms with Gasteiger partial charge in [0.15, 0.2) is 0 Å². The van der Waals surface area contributed by atoms with Crippen LogP contribution in [0.25, 0.3) is 0 Å². The molecule has 2 atom stereocenters. The first-order valence-corrected chi connectivity index (χ1v) is 12.6. The predicted octanol–water partition coefficient (Wildman–Crippen LogP) is 3.87. The van der Waals surface area contributed by atoms with Crippen LogP contribution < -0.4 is 4.90 Å². The van der Waals surface area contributed by atoms with E-state index in [0.29, 0.717) is 29.8 Å². The fourth-order valence-corrected chi connectivity index (χ4v) is 5.74. The van der Waals surface area contributed by atoms with Crippen molar-refractivity contribution in [3.8, 4) is 0 Å². The van der Waals surface area contributed by atoms with E-state index in [2.05, 4.69) is 40.9 Å². The van der Waals surface area contributed by atoms with E-state index in [9.17, 15) is 4.79 Å². The molecule has 3 fully saturated rings. The summed E-state index contributed by atoms with van der Waals surface area (Å²) in [7, 11) is 0. The standard InChI is InChI=1S/C25H41N5O/c1-19(2)29-17-23-8-9-24(18-29)30(23)25-26-15-22(16-27-25)21-10-13-28(14-11-21)12-6-4-5-7-20(3)31/h15-16,19,21,23-24H,4-14,17-18H2,1-3H3. The van der Waals surface area contributed by atoms with Crippen molar-refractivity contribution in [3.63, 3.8) is 0 Å². The molecular weight excluding hydrogens is 386 g/mol. The fourth-order valence-electron chi connectivity index (χ4n) is 5.74. The van der Waals surface area contributed by atoms with Crippen molar-refractivity contribution in [2.24, 2.45) is 0 Å². The zero-order valence-corrected chi connectivity index (χ0v) is 19.8. The predicted molar refractivity (Wildman–Crippen MR) is 126 cm³/mol. The summed E-state index contributed by atoms with van der Waals surface area (Å²) < 4.78 is 0. The minimum absolute atomic E-state index is 0.319. The summed E-state index contributed by atoms with van der Waals surface area (Å²) in [6.07, 6.45) is 13.3. The first-order chi connectivity index (χ1) is 15.0. The Labute approximate surface area is 188 Å². The number of ketones is 1. The van der Waals surface area contributed by atoms with E-state index in [1.807, 2.05) is 0 Å². The highest BCUT2D eigenvalue weighted by Gasteiger charge is 2.41. The molecule has 172 valence electrons. The van der Waals surface area contributed by atoms with E-state index >= 15 is 0 Å². The average molecular weight is 428 g/mol. The summed E-state index contributed by atoms with van der Waals surface area (Å²) in [4.78, 5) is 28.4. The lowest BCUT2D eigenvalue weighted by molar-refractivity contribution is -0.117. The molecule has 2 unspecified atom stereocenters. The maximum absolute atomic E-state index is 11.0. The number of unbranched alkanes of at least 4 members (excludes halogenated alkanes) is 2. The van der Waals surface area contributed by atoms with Crippen LogP contribution in [0.2, 0.25) is 0 Å². The number of piperidine rings is 1. The number of fused-ring (bicyclic) bond motifs is 2. The molecule has 2 bridgehead atoms. The molecule has 31 heavy (non-hydrogen) atoms. The Hall–Kier alpha value is -1.53. The molecule has 0 amide bonds. The number of aromatic nitrogens is 2. The molecule has 3 saturated heterocycles. The molecule has 0 spiro atoms. The lowest BCUT2D eigenvalue weighted by atomic mass is 9.91. The second kappa shape index (κ2) is 10.4. The van der Waals surface area contributed by atoms with Crippen molar-refractivity contribution in [2.75, 3.05) is 37.6 Å². The van der Waals surface area contributed by atoms with Gasteiger partial charge in [-0.2, -0.15) is 0 Å². The third-order valence-corrected chi connectivity index (χ3v) is 7.69. The number of rotatable bonds is 9. The molecule has 3 aliphatic heterocycles. The number of anilines is 1. The molecular formula is C25H41N5O. The zero-order valence-electron chi connectivity index (χ0n) is 19.8. The first-order valence-electron chi connectivity index (χ1n) is 12.6. The van der Waals surface area contributed by atoms with Crippen LogP contribution in [0.5, 0.6) is 0 Å². The number of hydrogen-bond acceptors (Lipinski definition) is 6. The fraction of sp³-hybridized carbons (Fsp3) is 0.800. The Morgan fingerprint density at radius 2 is 1.65 bits per heavy atom. The molecule has 6 nitrogen and oxygen atoms in total. The van der Waals surface area contributed by atoms with Crippen molar-refractivity contribution < 1.29 is 4.79 Å². The van der Waals surface area contributed by atoms with Gasteiger partial charge in [-0.1, -0.05) is 6.42 Å². The van der Waals surface area contributed by atoms with Gasteiger partial charge in [-0.05, 0) is 90.4 Å². The topological polar surface area (TPSA) is 52.6 Å². The SMILES string of the molecule is CC(=O)CCCCCN1CCC(c2cnc(N3C4CCC3CN(C(C)C)C4)nc2)CC1. The minimum Gasteiger partial charge on any atom is -0.332 e. The van der Waals surface area contributed by atoms with Crippen LogP contribution in [-0.4, -0.2) is 76.4 Å². The molecule has 0 aromatic carbocycles. The summed E-state index contributed by atoms with van der Waals surface area (Å²) >= 11 is 0. The van der Waals surface area contributed by atoms with Gasteiger partial charge in [0, 0.05) is 50.0 Å². The highest BCUT2D eigenvalue weighted by Crippen LogP contribution is 2.34. The van der Waals surface area contributed by atoms with Crippen LogP contribution in [0, 0.1) is 0 Å². The van der Waals surface area contributed by atoms with E-state index < -0.39 is 0 Å². The Balaban J connectivity index is 1.24. The Bertz CT molecular complexity index is 699. The maximum atomic E-state index is 11.0. The van der Waals surface area contributed by atoms with E-state index in [0.717, 1.165) is 31.9 Å². The maximum Gasteiger partial charge on any atom is 0.225 e. The molecule has 4 heterocycles. The highest BCUT2D eigenvalue weighted by atomic mass is 16.1. The van der Waals surface area contributed by atoms with Gasteiger partial charge in [-0.15, -0.1) is 0 Å². The van der Waals surface area contributed by atoms with Crippen molar-refractivity contribution in [1.82, 2.24) is 19.8 Å². The lowest BCUT2D eigenvalue weighted by Crippen LogP contribution is -2.56. The lowest BCUT2D eigenvalue weighted by Gasteiger charge is -2.42. The van der Waals surface area contributed by atoms with Crippen LogP contribution in [0.1, 0.15) is 83.6 Å². The summed E-state index contributed by atoms with van der Waals surface area (Å²) in [5, 5.41) is 0. The van der Waals surface area contributed by atoms with Crippen molar-refractivity contribution in [2.45, 2.75) is 96.2 Å². The van der Waals surface area contributed by atoms with Gasteiger partial charge in [-0.25, -0.2) is 9.97 Å². The number of likely N-dealkylation sites (tertiary alicyclic amines) is 2. The van der Waals surface area contributed by atoms with Crippen LogP contribution in [-0.2, 0) is 4.79 Å². The first kappa shape index (κ1) is 22.7. The molecule has 1 aromatic heterocycles. The van der Waals surface area contributed by atoms with Crippen molar-refractivity contribution in [3.05, 3.63) is 18.0 Å². The summed E-state index contributed by atoms with van der Waals surface area (Å²) in [6, 6.07) is 1.77. The third-order valence-electron chi connectivity index (χ3n) is 7.69. The van der Waals surface area contributed by atoms with Crippen molar-refractivity contribution in [1.29, 1.82) is 0 Å². The third kappa shape index (κ3) is 5.64. The number of hydrogen-bond donors (Lipinski definition) is 0. The van der Waals surface area contributed by atoms with Gasteiger partial charge in [0.2, 0.25) is 5.95 Å². The summed E-state index contributed by atoms with van der Waals surface area (Å²) in [5.41, 5.74) is 1.32. The van der Waals surface area contributed by atoms with Gasteiger partial charge < -0.3 is 14.6 Å². The van der Waals surface area contributed by atoms with Crippen molar-refractivity contribution >= 4 is 11.7 Å². The summed E-state index contributed by atoms with van der Waals surface area (Å²) in [5.74, 6) is 1.86.